The second kappa shape index (κ2) is 7.04. The maximum atomic E-state index is 10.8. The number of unbranched alkanes of at least 4 members (excludes halogenated alkanes) is 2. The molecule has 0 amide bonds. The Labute approximate surface area is 123 Å². The summed E-state index contributed by atoms with van der Waals surface area (Å²) in [4.78, 5) is 10.8. The number of ether oxygens (including phenoxy) is 1. The normalized spacial score (nSPS) is 23.3. The number of methoxy groups -OCH3 is 1. The Hall–Kier alpha value is -0.410. The van der Waals surface area contributed by atoms with Gasteiger partial charge in [0.05, 0.1) is 11.7 Å². The molecule has 3 nitrogen and oxygen atoms in total. The Bertz CT molecular complexity index is 305. The molecule has 20 heavy (non-hydrogen) atoms. The van der Waals surface area contributed by atoms with Gasteiger partial charge in [-0.05, 0) is 51.4 Å². The third-order valence-electron chi connectivity index (χ3n) is 5.26. The van der Waals surface area contributed by atoms with E-state index in [9.17, 15) is 9.90 Å². The molecule has 2 fully saturated rings. The number of carbonyl (C=O) groups excluding carboxylic acids is 1. The van der Waals surface area contributed by atoms with Crippen LogP contribution in [0.25, 0.3) is 0 Å². The lowest BCUT2D eigenvalue weighted by Crippen LogP contribution is -2.12. The maximum Gasteiger partial charge on any atom is 0.126 e. The molecule has 2 rings (SSSR count). The third kappa shape index (κ3) is 4.85. The van der Waals surface area contributed by atoms with Crippen LogP contribution in [-0.2, 0) is 9.53 Å². The summed E-state index contributed by atoms with van der Waals surface area (Å²) in [6.45, 7) is 0. The second-order valence-corrected chi connectivity index (χ2v) is 7.01. The molecule has 1 N–H and O–H groups in total. The van der Waals surface area contributed by atoms with Gasteiger partial charge < -0.3 is 14.6 Å². The van der Waals surface area contributed by atoms with Gasteiger partial charge in [-0.15, -0.1) is 0 Å². The van der Waals surface area contributed by atoms with Crippen LogP contribution < -0.4 is 0 Å². The summed E-state index contributed by atoms with van der Waals surface area (Å²) < 4.78 is 5.49. The van der Waals surface area contributed by atoms with Crippen LogP contribution in [0.1, 0.15) is 77.0 Å². The first-order chi connectivity index (χ1) is 9.64. The first kappa shape index (κ1) is 16.0. The Morgan fingerprint density at radius 3 is 2.10 bits per heavy atom. The van der Waals surface area contributed by atoms with E-state index in [0.717, 1.165) is 64.1 Å². The molecular formula is C17H30O3. The van der Waals surface area contributed by atoms with Crippen molar-refractivity contribution in [3.8, 4) is 0 Å². The van der Waals surface area contributed by atoms with Gasteiger partial charge in [0.25, 0.3) is 0 Å². The predicted molar refractivity (Wildman–Crippen MR) is 79.6 cm³/mol. The van der Waals surface area contributed by atoms with Crippen molar-refractivity contribution in [1.82, 2.24) is 0 Å². The van der Waals surface area contributed by atoms with Crippen LogP contribution in [-0.4, -0.2) is 30.2 Å². The summed E-state index contributed by atoms with van der Waals surface area (Å²) in [6, 6.07) is 0. The SMILES string of the molecule is COC1(CCCCC(O)CCCCC2(C=O)CC2)CC1. The van der Waals surface area contributed by atoms with Crippen molar-refractivity contribution in [1.29, 1.82) is 0 Å². The highest BCUT2D eigenvalue weighted by Crippen LogP contribution is 2.47. The Balaban J connectivity index is 1.42. The number of carbonyl (C=O) groups is 1. The molecule has 0 aromatic heterocycles. The molecule has 2 aliphatic carbocycles. The number of rotatable bonds is 12. The zero-order valence-corrected chi connectivity index (χ0v) is 12.9. The fourth-order valence-electron chi connectivity index (χ4n) is 3.11. The molecule has 0 radical (unpaired) electrons. The number of aliphatic hydroxyl groups is 1. The summed E-state index contributed by atoms with van der Waals surface area (Å²) >= 11 is 0. The van der Waals surface area contributed by atoms with E-state index in [1.54, 1.807) is 0 Å². The van der Waals surface area contributed by atoms with Crippen molar-refractivity contribution in [2.24, 2.45) is 5.41 Å². The van der Waals surface area contributed by atoms with E-state index in [4.69, 9.17) is 4.74 Å². The fourth-order valence-corrected chi connectivity index (χ4v) is 3.11. The molecule has 1 unspecified atom stereocenters. The third-order valence-corrected chi connectivity index (χ3v) is 5.26. The number of aliphatic hydroxyl groups excluding tert-OH is 1. The summed E-state index contributed by atoms with van der Waals surface area (Å²) in [6.07, 6.45) is 14.0. The Morgan fingerprint density at radius 1 is 1.05 bits per heavy atom. The first-order valence-corrected chi connectivity index (χ1v) is 8.33. The van der Waals surface area contributed by atoms with Gasteiger partial charge in [0, 0.05) is 12.5 Å². The minimum Gasteiger partial charge on any atom is -0.393 e. The van der Waals surface area contributed by atoms with Crippen LogP contribution in [0.5, 0.6) is 0 Å². The summed E-state index contributed by atoms with van der Waals surface area (Å²) in [7, 11) is 1.81. The standard InChI is InChI=1S/C17H30O3/c1-20-17(12-13-17)9-5-3-7-15(19)6-2-4-8-16(14-18)10-11-16/h14-15,19H,2-13H2,1H3. The molecule has 1 atom stereocenters. The van der Waals surface area contributed by atoms with Crippen molar-refractivity contribution in [2.45, 2.75) is 88.8 Å². The molecule has 0 aromatic rings. The van der Waals surface area contributed by atoms with E-state index in [1.807, 2.05) is 7.11 Å². The monoisotopic (exact) mass is 282 g/mol. The highest BCUT2D eigenvalue weighted by Gasteiger charge is 2.42. The van der Waals surface area contributed by atoms with Crippen LogP contribution in [0.4, 0.5) is 0 Å². The summed E-state index contributed by atoms with van der Waals surface area (Å²) in [5.74, 6) is 0. The van der Waals surface area contributed by atoms with Crippen LogP contribution in [0.15, 0.2) is 0 Å². The highest BCUT2D eigenvalue weighted by molar-refractivity contribution is 5.63. The summed E-state index contributed by atoms with van der Waals surface area (Å²) in [5.41, 5.74) is 0.252. The zero-order valence-electron chi connectivity index (χ0n) is 12.9. The van der Waals surface area contributed by atoms with Gasteiger partial charge in [-0.2, -0.15) is 0 Å². The van der Waals surface area contributed by atoms with Crippen molar-refractivity contribution in [2.75, 3.05) is 7.11 Å². The second-order valence-electron chi connectivity index (χ2n) is 7.01. The predicted octanol–water partition coefficient (Wildman–Crippen LogP) is 3.63. The molecule has 0 aliphatic heterocycles. The van der Waals surface area contributed by atoms with Crippen LogP contribution >= 0.6 is 0 Å². The largest absolute Gasteiger partial charge is 0.393 e. The van der Waals surface area contributed by atoms with Gasteiger partial charge in [0.2, 0.25) is 0 Å². The van der Waals surface area contributed by atoms with Gasteiger partial charge in [-0.25, -0.2) is 0 Å². The smallest absolute Gasteiger partial charge is 0.126 e. The topological polar surface area (TPSA) is 46.5 Å². The molecular weight excluding hydrogens is 252 g/mol. The van der Waals surface area contributed by atoms with E-state index in [1.165, 1.54) is 19.3 Å². The maximum absolute atomic E-state index is 10.8. The molecule has 2 saturated carbocycles. The lowest BCUT2D eigenvalue weighted by atomic mass is 9.98. The lowest BCUT2D eigenvalue weighted by molar-refractivity contribution is -0.112. The molecule has 116 valence electrons. The van der Waals surface area contributed by atoms with Crippen LogP contribution in [0.2, 0.25) is 0 Å². The van der Waals surface area contributed by atoms with E-state index in [-0.39, 0.29) is 17.1 Å². The van der Waals surface area contributed by atoms with Crippen LogP contribution in [0.3, 0.4) is 0 Å². The summed E-state index contributed by atoms with van der Waals surface area (Å²) in [5, 5.41) is 9.95. The van der Waals surface area contributed by atoms with Gasteiger partial charge in [0.1, 0.15) is 6.29 Å². The van der Waals surface area contributed by atoms with Gasteiger partial charge >= 0.3 is 0 Å². The van der Waals surface area contributed by atoms with Crippen molar-refractivity contribution < 1.29 is 14.6 Å². The number of hydrogen-bond donors (Lipinski definition) is 1. The zero-order chi connectivity index (χ0) is 14.5. The average molecular weight is 282 g/mol. The number of hydrogen-bond acceptors (Lipinski definition) is 3. The molecule has 0 aromatic carbocycles. The van der Waals surface area contributed by atoms with Crippen molar-refractivity contribution in [3.63, 3.8) is 0 Å². The van der Waals surface area contributed by atoms with E-state index in [0.29, 0.717) is 0 Å². The van der Waals surface area contributed by atoms with E-state index in [2.05, 4.69) is 0 Å². The van der Waals surface area contributed by atoms with Crippen molar-refractivity contribution >= 4 is 6.29 Å². The van der Waals surface area contributed by atoms with Crippen molar-refractivity contribution in [3.05, 3.63) is 0 Å². The molecule has 3 heteroatoms. The number of aldehydes is 1. The Kier molecular flexibility index (Phi) is 5.62. The average Bonchev–Trinajstić information content (AvgIpc) is 3.36. The molecule has 0 bridgehead atoms. The molecule has 0 spiro atoms. The first-order valence-electron chi connectivity index (χ1n) is 8.33. The Morgan fingerprint density at radius 2 is 1.65 bits per heavy atom. The molecule has 0 heterocycles. The fraction of sp³-hybridized carbons (Fsp3) is 0.941. The molecule has 2 aliphatic rings. The minimum atomic E-state index is -0.154. The molecule has 0 saturated heterocycles. The minimum absolute atomic E-state index is 0.0453. The van der Waals surface area contributed by atoms with Gasteiger partial charge in [-0.3, -0.25) is 0 Å². The highest BCUT2D eigenvalue weighted by atomic mass is 16.5. The quantitative estimate of drug-likeness (QED) is 0.439. The van der Waals surface area contributed by atoms with Gasteiger partial charge in [-0.1, -0.05) is 25.7 Å². The lowest BCUT2D eigenvalue weighted by Gasteiger charge is -2.14. The van der Waals surface area contributed by atoms with Gasteiger partial charge in [0.15, 0.2) is 0 Å². The van der Waals surface area contributed by atoms with E-state index >= 15 is 0 Å². The van der Waals surface area contributed by atoms with Crippen LogP contribution in [0, 0.1) is 5.41 Å². The van der Waals surface area contributed by atoms with E-state index < -0.39 is 0 Å².